The molecule has 1 fully saturated rings. The molecule has 1 aliphatic rings. The normalized spacial score (nSPS) is 18.1. The Morgan fingerprint density at radius 3 is 2.38 bits per heavy atom. The lowest BCUT2D eigenvalue weighted by Crippen LogP contribution is -2.34. The maximum atomic E-state index is 12.7. The number of carbonyl (C=O) groups excluding carboxylic acids is 2. The lowest BCUT2D eigenvalue weighted by atomic mass is 10.2. The molecule has 2 amide bonds. The van der Waals surface area contributed by atoms with E-state index in [-0.39, 0.29) is 5.69 Å². The minimum absolute atomic E-state index is 0.124. The van der Waals surface area contributed by atoms with E-state index in [1.165, 1.54) is 12.1 Å². The number of amides is 2. The second-order valence-corrected chi connectivity index (χ2v) is 6.05. The Hall–Kier alpha value is -2.48. The molecule has 1 saturated heterocycles. The van der Waals surface area contributed by atoms with Crippen molar-refractivity contribution in [1.82, 2.24) is 0 Å². The van der Waals surface area contributed by atoms with Crippen LogP contribution in [-0.2, 0) is 11.0 Å². The molecular formula is C16H11F3N2O2S. The highest BCUT2D eigenvalue weighted by molar-refractivity contribution is 8.16. The number of alkyl halides is 3. The predicted octanol–water partition coefficient (Wildman–Crippen LogP) is 4.34. The highest BCUT2D eigenvalue weighted by Crippen LogP contribution is 2.34. The first-order valence-electron chi connectivity index (χ1n) is 6.90. The van der Waals surface area contributed by atoms with Gasteiger partial charge in [0, 0.05) is 5.69 Å². The summed E-state index contributed by atoms with van der Waals surface area (Å²) in [7, 11) is 0. The van der Waals surface area contributed by atoms with Gasteiger partial charge in [0.15, 0.2) is 5.37 Å². The summed E-state index contributed by atoms with van der Waals surface area (Å²) >= 11 is 0.730. The van der Waals surface area contributed by atoms with E-state index in [2.05, 4.69) is 5.32 Å². The molecule has 3 rings (SSSR count). The van der Waals surface area contributed by atoms with Crippen LogP contribution < -0.4 is 10.2 Å². The molecule has 2 aromatic rings. The third-order valence-electron chi connectivity index (χ3n) is 3.35. The van der Waals surface area contributed by atoms with E-state index in [0.717, 1.165) is 28.8 Å². The number of nitrogens with zero attached hydrogens (tertiary/aromatic N) is 1. The number of benzene rings is 2. The molecule has 0 aromatic heterocycles. The average molecular weight is 352 g/mol. The first-order valence-corrected chi connectivity index (χ1v) is 7.77. The second-order valence-electron chi connectivity index (χ2n) is 5.00. The minimum Gasteiger partial charge on any atom is -0.365 e. The van der Waals surface area contributed by atoms with E-state index >= 15 is 0 Å². The van der Waals surface area contributed by atoms with E-state index in [1.807, 2.05) is 0 Å². The number of halogens is 3. The maximum Gasteiger partial charge on any atom is 0.416 e. The summed E-state index contributed by atoms with van der Waals surface area (Å²) in [6.07, 6.45) is -4.48. The van der Waals surface area contributed by atoms with Crippen LogP contribution in [0.1, 0.15) is 5.56 Å². The Balaban J connectivity index is 1.80. The molecular weight excluding hydrogens is 341 g/mol. The van der Waals surface area contributed by atoms with Crippen LogP contribution in [0.2, 0.25) is 0 Å². The molecule has 4 nitrogen and oxygen atoms in total. The van der Waals surface area contributed by atoms with Crippen LogP contribution in [0.3, 0.4) is 0 Å². The van der Waals surface area contributed by atoms with Crippen molar-refractivity contribution >= 4 is 34.3 Å². The van der Waals surface area contributed by atoms with Crippen molar-refractivity contribution in [3.8, 4) is 0 Å². The molecule has 1 unspecified atom stereocenters. The van der Waals surface area contributed by atoms with Crippen LogP contribution in [0, 0.1) is 0 Å². The fourth-order valence-electron chi connectivity index (χ4n) is 2.25. The third kappa shape index (κ3) is 3.23. The first kappa shape index (κ1) is 16.4. The van der Waals surface area contributed by atoms with Gasteiger partial charge < -0.3 is 5.32 Å². The number of thioether (sulfide) groups is 1. The van der Waals surface area contributed by atoms with Gasteiger partial charge in [0.25, 0.3) is 11.1 Å². The molecule has 24 heavy (non-hydrogen) atoms. The van der Waals surface area contributed by atoms with Crippen LogP contribution in [0.5, 0.6) is 0 Å². The zero-order valence-electron chi connectivity index (χ0n) is 12.1. The molecule has 1 N–H and O–H groups in total. The van der Waals surface area contributed by atoms with Gasteiger partial charge in [-0.25, -0.2) is 4.90 Å². The number of hydrogen-bond acceptors (Lipinski definition) is 4. The second kappa shape index (κ2) is 6.20. The van der Waals surface area contributed by atoms with Crippen molar-refractivity contribution in [2.24, 2.45) is 0 Å². The molecule has 0 aliphatic carbocycles. The van der Waals surface area contributed by atoms with Gasteiger partial charge in [0.2, 0.25) is 0 Å². The van der Waals surface area contributed by atoms with Gasteiger partial charge in [-0.15, -0.1) is 0 Å². The Morgan fingerprint density at radius 2 is 1.71 bits per heavy atom. The average Bonchev–Trinajstić information content (AvgIpc) is 2.82. The predicted molar refractivity (Wildman–Crippen MR) is 85.8 cm³/mol. The number of carbonyl (C=O) groups is 2. The van der Waals surface area contributed by atoms with Gasteiger partial charge in [-0.1, -0.05) is 24.3 Å². The van der Waals surface area contributed by atoms with E-state index in [9.17, 15) is 22.8 Å². The number of anilines is 2. The Bertz CT molecular complexity index is 780. The van der Waals surface area contributed by atoms with Gasteiger partial charge in [0.05, 0.1) is 11.3 Å². The summed E-state index contributed by atoms with van der Waals surface area (Å²) in [6.45, 7) is 0. The topological polar surface area (TPSA) is 49.4 Å². The van der Waals surface area contributed by atoms with Crippen LogP contribution in [0.4, 0.5) is 29.3 Å². The van der Waals surface area contributed by atoms with Crippen molar-refractivity contribution in [3.05, 3.63) is 60.2 Å². The molecule has 0 spiro atoms. The summed E-state index contributed by atoms with van der Waals surface area (Å²) in [6, 6.07) is 12.9. The highest BCUT2D eigenvalue weighted by atomic mass is 32.2. The summed E-state index contributed by atoms with van der Waals surface area (Å²) in [5, 5.41) is 1.24. The lowest BCUT2D eigenvalue weighted by Gasteiger charge is -2.15. The molecule has 1 aliphatic heterocycles. The van der Waals surface area contributed by atoms with E-state index in [0.29, 0.717) is 5.69 Å². The van der Waals surface area contributed by atoms with Crippen LogP contribution in [0.15, 0.2) is 54.6 Å². The van der Waals surface area contributed by atoms with E-state index < -0.39 is 28.3 Å². The van der Waals surface area contributed by atoms with Crippen LogP contribution in [-0.4, -0.2) is 16.5 Å². The van der Waals surface area contributed by atoms with Gasteiger partial charge in [-0.2, -0.15) is 13.2 Å². The molecule has 1 heterocycles. The van der Waals surface area contributed by atoms with Gasteiger partial charge in [-0.3, -0.25) is 9.59 Å². The van der Waals surface area contributed by atoms with Crippen molar-refractivity contribution < 1.29 is 22.8 Å². The number of nitrogens with one attached hydrogen (secondary N) is 1. The fourth-order valence-corrected chi connectivity index (χ4v) is 3.15. The highest BCUT2D eigenvalue weighted by Gasteiger charge is 2.41. The summed E-state index contributed by atoms with van der Waals surface area (Å²) in [5.74, 6) is -0.520. The molecule has 0 radical (unpaired) electrons. The minimum atomic E-state index is -4.48. The summed E-state index contributed by atoms with van der Waals surface area (Å²) in [5.41, 5.74) is -0.277. The SMILES string of the molecule is O=C1SC(Nc2cccc(C(F)(F)F)c2)C(=O)N1c1ccccc1. The monoisotopic (exact) mass is 352 g/mol. The smallest absolute Gasteiger partial charge is 0.365 e. The summed E-state index contributed by atoms with van der Waals surface area (Å²) in [4.78, 5) is 25.5. The number of hydrogen-bond donors (Lipinski definition) is 1. The number of imide groups is 1. The lowest BCUT2D eigenvalue weighted by molar-refractivity contribution is -0.137. The van der Waals surface area contributed by atoms with Crippen molar-refractivity contribution in [1.29, 1.82) is 0 Å². The Kier molecular flexibility index (Phi) is 4.23. The van der Waals surface area contributed by atoms with E-state index in [4.69, 9.17) is 0 Å². The third-order valence-corrected chi connectivity index (χ3v) is 4.29. The molecule has 124 valence electrons. The van der Waals surface area contributed by atoms with Gasteiger partial charge in [0.1, 0.15) is 0 Å². The Labute approximate surface area is 139 Å². The first-order chi connectivity index (χ1) is 11.4. The van der Waals surface area contributed by atoms with Crippen molar-refractivity contribution in [2.75, 3.05) is 10.2 Å². The zero-order valence-corrected chi connectivity index (χ0v) is 12.9. The number of para-hydroxylation sites is 1. The van der Waals surface area contributed by atoms with Crippen molar-refractivity contribution in [3.63, 3.8) is 0 Å². The molecule has 2 aromatic carbocycles. The quantitative estimate of drug-likeness (QED) is 0.893. The largest absolute Gasteiger partial charge is 0.416 e. The Morgan fingerprint density at radius 1 is 1.00 bits per heavy atom. The number of rotatable bonds is 3. The van der Waals surface area contributed by atoms with Gasteiger partial charge >= 0.3 is 6.18 Å². The van der Waals surface area contributed by atoms with Crippen LogP contribution >= 0.6 is 11.8 Å². The van der Waals surface area contributed by atoms with Crippen molar-refractivity contribution in [2.45, 2.75) is 11.6 Å². The maximum absolute atomic E-state index is 12.7. The molecule has 8 heteroatoms. The molecule has 1 atom stereocenters. The fraction of sp³-hybridized carbons (Fsp3) is 0.125. The zero-order chi connectivity index (χ0) is 17.3. The van der Waals surface area contributed by atoms with Gasteiger partial charge in [-0.05, 0) is 42.1 Å². The van der Waals surface area contributed by atoms with E-state index in [1.54, 1.807) is 30.3 Å². The standard InChI is InChI=1S/C16H11F3N2O2S/c17-16(18,19)10-5-4-6-11(9-10)20-13-14(22)21(15(23)24-13)12-7-2-1-3-8-12/h1-9,13,20H. The van der Waals surface area contributed by atoms with Crippen LogP contribution in [0.25, 0.3) is 0 Å². The summed E-state index contributed by atoms with van der Waals surface area (Å²) < 4.78 is 38.2. The molecule has 0 bridgehead atoms. The molecule has 0 saturated carbocycles.